The fraction of sp³-hybridized carbons (Fsp3) is 0.533. The fourth-order valence-corrected chi connectivity index (χ4v) is 3.20. The lowest BCUT2D eigenvalue weighted by molar-refractivity contribution is 0.0938. The Bertz CT molecular complexity index is 479. The molecule has 1 N–H and O–H groups in total. The molecule has 4 nitrogen and oxygen atoms in total. The van der Waals surface area contributed by atoms with Crippen LogP contribution in [0.2, 0.25) is 0 Å². The van der Waals surface area contributed by atoms with E-state index in [-0.39, 0.29) is 5.91 Å². The second-order valence-corrected chi connectivity index (χ2v) is 6.22. The van der Waals surface area contributed by atoms with E-state index in [9.17, 15) is 4.79 Å². The topological polar surface area (TPSA) is 41.6 Å². The van der Waals surface area contributed by atoms with E-state index in [1.807, 2.05) is 18.2 Å². The molecule has 1 fully saturated rings. The first kappa shape index (κ1) is 15.6. The van der Waals surface area contributed by atoms with Crippen LogP contribution in [0.1, 0.15) is 30.1 Å². The van der Waals surface area contributed by atoms with Crippen LogP contribution in [0, 0.1) is 3.57 Å². The van der Waals surface area contributed by atoms with Crippen molar-refractivity contribution < 1.29 is 9.53 Å². The maximum absolute atomic E-state index is 12.3. The summed E-state index contributed by atoms with van der Waals surface area (Å²) in [5.41, 5.74) is 0.612. The molecule has 0 aromatic heterocycles. The Morgan fingerprint density at radius 3 is 3.05 bits per heavy atom. The average Bonchev–Trinajstić information content (AvgIpc) is 2.92. The normalized spacial score (nSPS) is 19.1. The highest BCUT2D eigenvalue weighted by molar-refractivity contribution is 14.1. The van der Waals surface area contributed by atoms with E-state index in [0.717, 1.165) is 23.1 Å². The maximum Gasteiger partial charge on any atom is 0.255 e. The lowest BCUT2D eigenvalue weighted by Gasteiger charge is -2.23. The van der Waals surface area contributed by atoms with Gasteiger partial charge in [-0.05, 0) is 66.7 Å². The summed E-state index contributed by atoms with van der Waals surface area (Å²) in [6.45, 7) is 5.07. The van der Waals surface area contributed by atoms with E-state index in [2.05, 4.69) is 39.7 Å². The first-order valence-corrected chi connectivity index (χ1v) is 8.09. The number of nitrogens with one attached hydrogen (secondary N) is 1. The Labute approximate surface area is 134 Å². The van der Waals surface area contributed by atoms with Crippen molar-refractivity contribution in [1.29, 1.82) is 0 Å². The number of nitrogens with zero attached hydrogens (tertiary/aromatic N) is 1. The summed E-state index contributed by atoms with van der Waals surface area (Å²) in [4.78, 5) is 14.7. The molecule has 1 atom stereocenters. The van der Waals surface area contributed by atoms with E-state index < -0.39 is 0 Å². The lowest BCUT2D eigenvalue weighted by atomic mass is 10.1. The molecule has 2 rings (SSSR count). The number of hydrogen-bond donors (Lipinski definition) is 1. The molecule has 1 aliphatic rings. The predicted molar refractivity (Wildman–Crippen MR) is 88.3 cm³/mol. The van der Waals surface area contributed by atoms with Crippen LogP contribution in [-0.4, -0.2) is 43.6 Å². The number of amides is 1. The van der Waals surface area contributed by atoms with E-state index in [1.54, 1.807) is 7.11 Å². The van der Waals surface area contributed by atoms with E-state index >= 15 is 0 Å². The van der Waals surface area contributed by atoms with E-state index in [0.29, 0.717) is 23.9 Å². The van der Waals surface area contributed by atoms with Gasteiger partial charge in [-0.15, -0.1) is 0 Å². The van der Waals surface area contributed by atoms with Gasteiger partial charge in [0, 0.05) is 16.2 Å². The summed E-state index contributed by atoms with van der Waals surface area (Å²) in [6.07, 6.45) is 2.39. The molecule has 1 amide bonds. The SMILES string of the molecule is CCN1CCC[C@H]1CNC(=O)c1cc([125I])ccc1OC. The molecule has 1 heterocycles. The van der Waals surface area contributed by atoms with Crippen LogP contribution < -0.4 is 10.1 Å². The quantitative estimate of drug-likeness (QED) is 0.791. The summed E-state index contributed by atoms with van der Waals surface area (Å²) in [6, 6.07) is 6.11. The molecule has 0 aliphatic carbocycles. The third kappa shape index (κ3) is 3.63. The molecule has 0 radical (unpaired) electrons. The third-order valence-corrected chi connectivity index (χ3v) is 4.48. The number of likely N-dealkylation sites (N-methyl/N-ethyl adjacent to an activating group) is 1. The second-order valence-electron chi connectivity index (χ2n) is 4.98. The highest BCUT2D eigenvalue weighted by atomic mass is 125. The number of likely N-dealkylation sites (tertiary alicyclic amines) is 1. The second kappa shape index (κ2) is 7.26. The lowest BCUT2D eigenvalue weighted by Crippen LogP contribution is -2.40. The molecule has 110 valence electrons. The van der Waals surface area contributed by atoms with Crippen LogP contribution in [0.3, 0.4) is 0 Å². The molecule has 1 saturated heterocycles. The van der Waals surface area contributed by atoms with Crippen molar-refractivity contribution in [2.75, 3.05) is 26.7 Å². The Hall–Kier alpha value is -0.820. The zero-order valence-electron chi connectivity index (χ0n) is 12.0. The summed E-state index contributed by atoms with van der Waals surface area (Å²) < 4.78 is 6.29. The van der Waals surface area contributed by atoms with Gasteiger partial charge >= 0.3 is 0 Å². The Morgan fingerprint density at radius 1 is 1.55 bits per heavy atom. The minimum absolute atomic E-state index is 0.0525. The van der Waals surface area contributed by atoms with Gasteiger partial charge in [-0.1, -0.05) is 6.92 Å². The van der Waals surface area contributed by atoms with Gasteiger partial charge in [0.15, 0.2) is 0 Å². The first-order chi connectivity index (χ1) is 9.65. The number of hydrogen-bond acceptors (Lipinski definition) is 3. The maximum atomic E-state index is 12.3. The Kier molecular flexibility index (Phi) is 5.65. The molecule has 20 heavy (non-hydrogen) atoms. The molecule has 1 aliphatic heterocycles. The fourth-order valence-electron chi connectivity index (χ4n) is 2.71. The van der Waals surface area contributed by atoms with Crippen molar-refractivity contribution in [3.8, 4) is 5.75 Å². The van der Waals surface area contributed by atoms with Gasteiger partial charge < -0.3 is 10.1 Å². The average molecular weight is 386 g/mol. The molecule has 1 aromatic rings. The molecule has 1 aromatic carbocycles. The van der Waals surface area contributed by atoms with Crippen molar-refractivity contribution in [2.45, 2.75) is 25.8 Å². The summed E-state index contributed by atoms with van der Waals surface area (Å²) in [5.74, 6) is 0.574. The summed E-state index contributed by atoms with van der Waals surface area (Å²) >= 11 is 2.20. The smallest absolute Gasteiger partial charge is 0.255 e. The van der Waals surface area contributed by atoms with Gasteiger partial charge in [-0.2, -0.15) is 0 Å². The molecule has 0 bridgehead atoms. The Balaban J connectivity index is 2.00. The minimum Gasteiger partial charge on any atom is -0.496 e. The van der Waals surface area contributed by atoms with Gasteiger partial charge in [0.2, 0.25) is 0 Å². The van der Waals surface area contributed by atoms with Crippen LogP contribution >= 0.6 is 22.6 Å². The van der Waals surface area contributed by atoms with Crippen molar-refractivity contribution in [3.05, 3.63) is 27.3 Å². The van der Waals surface area contributed by atoms with Crippen LogP contribution in [0.25, 0.3) is 0 Å². The van der Waals surface area contributed by atoms with Gasteiger partial charge in [-0.3, -0.25) is 9.69 Å². The Morgan fingerprint density at radius 2 is 2.35 bits per heavy atom. The van der Waals surface area contributed by atoms with Crippen molar-refractivity contribution in [2.24, 2.45) is 0 Å². The standard InChI is InChI=1S/C15H21IN2O2/c1-3-18-8-4-5-12(18)10-17-15(19)13-9-11(16)6-7-14(13)20-2/h6-7,9,12H,3-5,8,10H2,1-2H3,(H,17,19)/t12-/m0/s1/i16-2. The van der Waals surface area contributed by atoms with Crippen LogP contribution in [0.15, 0.2) is 18.2 Å². The van der Waals surface area contributed by atoms with Crippen molar-refractivity contribution in [3.63, 3.8) is 0 Å². The monoisotopic (exact) mass is 386 g/mol. The zero-order chi connectivity index (χ0) is 14.5. The van der Waals surface area contributed by atoms with Gasteiger partial charge in [0.25, 0.3) is 5.91 Å². The number of methoxy groups -OCH3 is 1. The van der Waals surface area contributed by atoms with E-state index in [4.69, 9.17) is 4.74 Å². The van der Waals surface area contributed by atoms with Gasteiger partial charge in [0.1, 0.15) is 5.75 Å². The van der Waals surface area contributed by atoms with Crippen LogP contribution in [0.5, 0.6) is 5.75 Å². The molecule has 5 heteroatoms. The summed E-state index contributed by atoms with van der Waals surface area (Å²) in [7, 11) is 1.59. The van der Waals surface area contributed by atoms with Crippen molar-refractivity contribution >= 4 is 28.5 Å². The number of benzene rings is 1. The van der Waals surface area contributed by atoms with Gasteiger partial charge in [-0.25, -0.2) is 0 Å². The highest BCUT2D eigenvalue weighted by Gasteiger charge is 2.23. The number of halogens is 1. The van der Waals surface area contributed by atoms with E-state index in [1.165, 1.54) is 6.42 Å². The number of rotatable bonds is 5. The number of ether oxygens (including phenoxy) is 1. The number of carbonyl (C=O) groups excluding carboxylic acids is 1. The molecular weight excluding hydrogens is 365 g/mol. The van der Waals surface area contributed by atoms with Crippen molar-refractivity contribution in [1.82, 2.24) is 10.2 Å². The van der Waals surface area contributed by atoms with Crippen LogP contribution in [0.4, 0.5) is 0 Å². The minimum atomic E-state index is -0.0525. The molecule has 0 spiro atoms. The first-order valence-electron chi connectivity index (χ1n) is 7.01. The predicted octanol–water partition coefficient (Wildman–Crippen LogP) is 2.51. The molecule has 0 unspecified atom stereocenters. The zero-order valence-corrected chi connectivity index (χ0v) is 14.1. The largest absolute Gasteiger partial charge is 0.496 e. The third-order valence-electron chi connectivity index (χ3n) is 3.81. The summed E-state index contributed by atoms with van der Waals surface area (Å²) in [5, 5.41) is 3.04. The molecular formula is C15H21IN2O2. The highest BCUT2D eigenvalue weighted by Crippen LogP contribution is 2.21. The number of carbonyl (C=O) groups is 1. The van der Waals surface area contributed by atoms with Crippen LogP contribution in [-0.2, 0) is 0 Å². The molecule has 0 saturated carbocycles. The van der Waals surface area contributed by atoms with Gasteiger partial charge in [0.05, 0.1) is 12.7 Å².